The largest absolute Gasteiger partial charge is 0.367 e. The molecule has 2 rings (SSSR count). The van der Waals surface area contributed by atoms with Crippen LogP contribution in [0, 0.1) is 19.7 Å². The van der Waals surface area contributed by atoms with Gasteiger partial charge in [-0.05, 0) is 48.2 Å². The van der Waals surface area contributed by atoms with Crippen molar-refractivity contribution in [2.24, 2.45) is 5.73 Å². The Morgan fingerprint density at radius 2 is 1.80 bits per heavy atom. The second-order valence-corrected chi connectivity index (χ2v) is 4.94. The van der Waals surface area contributed by atoms with E-state index in [0.717, 1.165) is 11.1 Å². The molecule has 2 aromatic rings. The topological polar surface area (TPSA) is 35.2 Å². The van der Waals surface area contributed by atoms with Crippen molar-refractivity contribution in [1.82, 2.24) is 0 Å². The van der Waals surface area contributed by atoms with Crippen LogP contribution in [-0.4, -0.2) is 13.2 Å². The van der Waals surface area contributed by atoms with Crippen LogP contribution >= 0.6 is 0 Å². The molecule has 0 spiro atoms. The molecule has 2 N–H and O–H groups in total. The minimum absolute atomic E-state index is 0.257. The number of rotatable bonds is 5. The van der Waals surface area contributed by atoms with Crippen LogP contribution in [0.15, 0.2) is 42.5 Å². The van der Waals surface area contributed by atoms with E-state index in [1.165, 1.54) is 23.3 Å². The second kappa shape index (κ2) is 6.64. The van der Waals surface area contributed by atoms with E-state index in [4.69, 9.17) is 10.5 Å². The maximum Gasteiger partial charge on any atom is 0.123 e. The lowest BCUT2D eigenvalue weighted by molar-refractivity contribution is 0.0862. The first-order valence-electron chi connectivity index (χ1n) is 6.76. The molecular weight excluding hydrogens is 253 g/mol. The van der Waals surface area contributed by atoms with Crippen LogP contribution in [0.25, 0.3) is 0 Å². The molecule has 0 heterocycles. The van der Waals surface area contributed by atoms with Crippen molar-refractivity contribution in [1.29, 1.82) is 0 Å². The molecule has 106 valence electrons. The van der Waals surface area contributed by atoms with Crippen molar-refractivity contribution >= 4 is 0 Å². The molecule has 0 bridgehead atoms. The van der Waals surface area contributed by atoms with E-state index in [9.17, 15) is 4.39 Å². The zero-order valence-corrected chi connectivity index (χ0v) is 11.9. The number of hydrogen-bond donors (Lipinski definition) is 1. The summed E-state index contributed by atoms with van der Waals surface area (Å²) in [5.41, 5.74) is 9.77. The van der Waals surface area contributed by atoms with Crippen LogP contribution in [0.5, 0.6) is 0 Å². The highest BCUT2D eigenvalue weighted by atomic mass is 19.1. The van der Waals surface area contributed by atoms with Crippen molar-refractivity contribution in [3.63, 3.8) is 0 Å². The van der Waals surface area contributed by atoms with Crippen molar-refractivity contribution < 1.29 is 9.13 Å². The van der Waals surface area contributed by atoms with Crippen LogP contribution in [0.2, 0.25) is 0 Å². The molecule has 1 atom stereocenters. The van der Waals surface area contributed by atoms with Gasteiger partial charge < -0.3 is 10.5 Å². The lowest BCUT2D eigenvalue weighted by Crippen LogP contribution is -2.14. The first kappa shape index (κ1) is 14.7. The number of nitrogens with two attached hydrogens (primary N) is 1. The summed E-state index contributed by atoms with van der Waals surface area (Å²) in [6, 6.07) is 12.7. The SMILES string of the molecule is Cc1ccc(C(OCCN)c2cccc(F)c2)cc1C. The van der Waals surface area contributed by atoms with Crippen molar-refractivity contribution in [2.45, 2.75) is 20.0 Å². The molecule has 3 heteroatoms. The molecular formula is C17H20FNO. The van der Waals surface area contributed by atoms with E-state index < -0.39 is 0 Å². The quantitative estimate of drug-likeness (QED) is 0.904. The summed E-state index contributed by atoms with van der Waals surface area (Å²) < 4.78 is 19.3. The van der Waals surface area contributed by atoms with E-state index in [-0.39, 0.29) is 11.9 Å². The summed E-state index contributed by atoms with van der Waals surface area (Å²) in [6.07, 6.45) is -0.284. The molecule has 0 saturated carbocycles. The standard InChI is InChI=1S/C17H20FNO/c1-12-6-7-15(10-13(12)2)17(20-9-8-19)14-4-3-5-16(18)11-14/h3-7,10-11,17H,8-9,19H2,1-2H3. The Kier molecular flexibility index (Phi) is 4.88. The lowest BCUT2D eigenvalue weighted by atomic mass is 9.97. The van der Waals surface area contributed by atoms with E-state index in [1.54, 1.807) is 6.07 Å². The summed E-state index contributed by atoms with van der Waals surface area (Å²) >= 11 is 0. The summed E-state index contributed by atoms with van der Waals surface area (Å²) in [6.45, 7) is 5.01. The lowest BCUT2D eigenvalue weighted by Gasteiger charge is -2.19. The molecule has 0 aliphatic carbocycles. The zero-order chi connectivity index (χ0) is 14.5. The molecule has 0 amide bonds. The van der Waals surface area contributed by atoms with Gasteiger partial charge in [0.2, 0.25) is 0 Å². The maximum absolute atomic E-state index is 13.4. The van der Waals surface area contributed by atoms with E-state index in [0.29, 0.717) is 13.2 Å². The molecule has 1 unspecified atom stereocenters. The predicted molar refractivity (Wildman–Crippen MR) is 79.2 cm³/mol. The molecule has 0 aliphatic heterocycles. The Morgan fingerprint density at radius 1 is 1.05 bits per heavy atom. The maximum atomic E-state index is 13.4. The van der Waals surface area contributed by atoms with Gasteiger partial charge in [-0.3, -0.25) is 0 Å². The highest BCUT2D eigenvalue weighted by molar-refractivity contribution is 5.36. The average Bonchev–Trinajstić information content (AvgIpc) is 2.43. The number of aryl methyl sites for hydroxylation is 2. The molecule has 0 fully saturated rings. The van der Waals surface area contributed by atoms with Gasteiger partial charge in [0, 0.05) is 6.54 Å². The minimum atomic E-state index is -0.284. The van der Waals surface area contributed by atoms with Gasteiger partial charge in [-0.2, -0.15) is 0 Å². The normalized spacial score (nSPS) is 12.4. The van der Waals surface area contributed by atoms with Crippen LogP contribution < -0.4 is 5.73 Å². The van der Waals surface area contributed by atoms with Gasteiger partial charge in [-0.25, -0.2) is 4.39 Å². The number of ether oxygens (including phenoxy) is 1. The Labute approximate surface area is 119 Å². The highest BCUT2D eigenvalue weighted by Gasteiger charge is 2.15. The minimum Gasteiger partial charge on any atom is -0.367 e. The monoisotopic (exact) mass is 273 g/mol. The molecule has 2 nitrogen and oxygen atoms in total. The number of halogens is 1. The average molecular weight is 273 g/mol. The third-order valence-corrected chi connectivity index (χ3v) is 3.39. The van der Waals surface area contributed by atoms with Gasteiger partial charge in [-0.15, -0.1) is 0 Å². The molecule has 0 radical (unpaired) electrons. The van der Waals surface area contributed by atoms with Crippen LogP contribution in [0.1, 0.15) is 28.4 Å². The van der Waals surface area contributed by atoms with Gasteiger partial charge in [0.1, 0.15) is 11.9 Å². The molecule has 0 aromatic heterocycles. The highest BCUT2D eigenvalue weighted by Crippen LogP contribution is 2.27. The first-order valence-corrected chi connectivity index (χ1v) is 6.76. The Balaban J connectivity index is 2.38. The summed E-state index contributed by atoms with van der Waals surface area (Å²) in [5.74, 6) is -0.257. The van der Waals surface area contributed by atoms with E-state index in [1.807, 2.05) is 12.1 Å². The van der Waals surface area contributed by atoms with Crippen molar-refractivity contribution in [3.05, 3.63) is 70.5 Å². The van der Waals surface area contributed by atoms with E-state index >= 15 is 0 Å². The fraction of sp³-hybridized carbons (Fsp3) is 0.294. The summed E-state index contributed by atoms with van der Waals surface area (Å²) in [5, 5.41) is 0. The first-order chi connectivity index (χ1) is 9.61. The Morgan fingerprint density at radius 3 is 2.45 bits per heavy atom. The van der Waals surface area contributed by atoms with Crippen molar-refractivity contribution in [3.8, 4) is 0 Å². The van der Waals surface area contributed by atoms with Crippen LogP contribution in [-0.2, 0) is 4.74 Å². The molecule has 20 heavy (non-hydrogen) atoms. The Hall–Kier alpha value is -1.71. The Bertz CT molecular complexity index is 583. The van der Waals surface area contributed by atoms with Crippen LogP contribution in [0.3, 0.4) is 0 Å². The van der Waals surface area contributed by atoms with Crippen LogP contribution in [0.4, 0.5) is 4.39 Å². The van der Waals surface area contributed by atoms with Gasteiger partial charge in [0.25, 0.3) is 0 Å². The second-order valence-electron chi connectivity index (χ2n) is 4.94. The third kappa shape index (κ3) is 3.44. The zero-order valence-electron chi connectivity index (χ0n) is 11.9. The third-order valence-electron chi connectivity index (χ3n) is 3.39. The number of hydrogen-bond acceptors (Lipinski definition) is 2. The fourth-order valence-corrected chi connectivity index (χ4v) is 2.17. The van der Waals surface area contributed by atoms with Gasteiger partial charge in [0.15, 0.2) is 0 Å². The summed E-state index contributed by atoms with van der Waals surface area (Å²) in [4.78, 5) is 0. The fourth-order valence-electron chi connectivity index (χ4n) is 2.17. The predicted octanol–water partition coefficient (Wildman–Crippen LogP) is 3.51. The number of benzene rings is 2. The smallest absolute Gasteiger partial charge is 0.123 e. The van der Waals surface area contributed by atoms with Gasteiger partial charge in [0.05, 0.1) is 6.61 Å². The van der Waals surface area contributed by atoms with Gasteiger partial charge >= 0.3 is 0 Å². The molecule has 0 aliphatic rings. The van der Waals surface area contributed by atoms with Crippen molar-refractivity contribution in [2.75, 3.05) is 13.2 Å². The summed E-state index contributed by atoms with van der Waals surface area (Å²) in [7, 11) is 0. The van der Waals surface area contributed by atoms with E-state index in [2.05, 4.69) is 26.0 Å². The van der Waals surface area contributed by atoms with Gasteiger partial charge in [-0.1, -0.05) is 30.3 Å². The molecule has 0 saturated heterocycles. The molecule has 2 aromatic carbocycles.